The lowest BCUT2D eigenvalue weighted by molar-refractivity contribution is -0.129. The van der Waals surface area contributed by atoms with E-state index in [0.29, 0.717) is 4.99 Å². The molecule has 1 saturated carbocycles. The summed E-state index contributed by atoms with van der Waals surface area (Å²) < 4.78 is 0. The van der Waals surface area contributed by atoms with Crippen LogP contribution in [0.25, 0.3) is 0 Å². The Morgan fingerprint density at radius 1 is 1.20 bits per heavy atom. The topological polar surface area (TPSA) is 55.1 Å². The van der Waals surface area contributed by atoms with Crippen molar-refractivity contribution in [2.24, 2.45) is 11.1 Å². The minimum absolute atomic E-state index is 0.0826. The standard InChI is InChI=1S/C16H30N2OS/c1-3-5-10-13(9-4-2)18-15(19)16(14(17)20)11-7-6-8-12-16/h13H,3-12H2,1-2H3,(H2,17,20)(H,18,19). The number of nitrogens with two attached hydrogens (primary N) is 1. The van der Waals surface area contributed by atoms with Crippen LogP contribution in [0.1, 0.15) is 78.1 Å². The molecule has 4 heteroatoms. The summed E-state index contributed by atoms with van der Waals surface area (Å²) in [5.74, 6) is 0.0826. The number of amides is 1. The summed E-state index contributed by atoms with van der Waals surface area (Å²) >= 11 is 5.23. The normalized spacial score (nSPS) is 19.3. The fraction of sp³-hybridized carbons (Fsp3) is 0.875. The van der Waals surface area contributed by atoms with Crippen molar-refractivity contribution in [1.82, 2.24) is 5.32 Å². The van der Waals surface area contributed by atoms with Gasteiger partial charge in [-0.3, -0.25) is 4.79 Å². The number of carbonyl (C=O) groups excluding carboxylic acids is 1. The van der Waals surface area contributed by atoms with E-state index in [9.17, 15) is 4.79 Å². The maximum Gasteiger partial charge on any atom is 0.233 e. The SMILES string of the molecule is CCCCC(CCC)NC(=O)C1(C(N)=S)CCCCC1. The molecule has 3 N–H and O–H groups in total. The first-order valence-electron chi connectivity index (χ1n) is 8.17. The molecule has 0 spiro atoms. The molecule has 1 atom stereocenters. The lowest BCUT2D eigenvalue weighted by atomic mass is 9.73. The summed E-state index contributed by atoms with van der Waals surface area (Å²) in [7, 11) is 0. The second kappa shape index (κ2) is 8.60. The lowest BCUT2D eigenvalue weighted by Crippen LogP contribution is -2.52. The van der Waals surface area contributed by atoms with E-state index < -0.39 is 5.41 Å². The van der Waals surface area contributed by atoms with Crippen molar-refractivity contribution in [2.45, 2.75) is 84.1 Å². The summed E-state index contributed by atoms with van der Waals surface area (Å²) in [4.78, 5) is 13.1. The van der Waals surface area contributed by atoms with Crippen molar-refractivity contribution < 1.29 is 4.79 Å². The van der Waals surface area contributed by atoms with E-state index in [1.54, 1.807) is 0 Å². The van der Waals surface area contributed by atoms with E-state index in [1.165, 1.54) is 6.42 Å². The highest BCUT2D eigenvalue weighted by Gasteiger charge is 2.42. The Bertz CT molecular complexity index is 324. The summed E-state index contributed by atoms with van der Waals surface area (Å²) in [6.45, 7) is 4.34. The Kier molecular flexibility index (Phi) is 7.49. The second-order valence-electron chi connectivity index (χ2n) is 6.11. The molecular formula is C16H30N2OS. The van der Waals surface area contributed by atoms with Crippen LogP contribution in [0.3, 0.4) is 0 Å². The predicted molar refractivity (Wildman–Crippen MR) is 88.7 cm³/mol. The highest BCUT2D eigenvalue weighted by molar-refractivity contribution is 7.80. The van der Waals surface area contributed by atoms with Gasteiger partial charge in [0.1, 0.15) is 0 Å². The van der Waals surface area contributed by atoms with Crippen LogP contribution in [0.4, 0.5) is 0 Å². The molecule has 1 aliphatic rings. The maximum atomic E-state index is 12.7. The molecule has 1 rings (SSSR count). The zero-order chi connectivity index (χ0) is 15.0. The first kappa shape index (κ1) is 17.4. The van der Waals surface area contributed by atoms with Crippen molar-refractivity contribution in [3.8, 4) is 0 Å². The first-order valence-corrected chi connectivity index (χ1v) is 8.58. The molecule has 0 aliphatic heterocycles. The summed E-state index contributed by atoms with van der Waals surface area (Å²) in [5, 5.41) is 3.24. The Morgan fingerprint density at radius 2 is 1.85 bits per heavy atom. The smallest absolute Gasteiger partial charge is 0.233 e. The third kappa shape index (κ3) is 4.44. The second-order valence-corrected chi connectivity index (χ2v) is 6.55. The molecule has 0 aromatic carbocycles. The molecule has 116 valence electrons. The van der Waals surface area contributed by atoms with Crippen LogP contribution in [0.5, 0.6) is 0 Å². The molecule has 0 heterocycles. The minimum atomic E-state index is -0.578. The van der Waals surface area contributed by atoms with Gasteiger partial charge < -0.3 is 11.1 Å². The van der Waals surface area contributed by atoms with Gasteiger partial charge in [-0.15, -0.1) is 0 Å². The Labute approximate surface area is 129 Å². The summed E-state index contributed by atoms with van der Waals surface area (Å²) in [5.41, 5.74) is 5.35. The fourth-order valence-corrected chi connectivity index (χ4v) is 3.45. The van der Waals surface area contributed by atoms with Gasteiger partial charge in [-0.05, 0) is 25.7 Å². The fourth-order valence-electron chi connectivity index (χ4n) is 3.15. The summed E-state index contributed by atoms with van der Waals surface area (Å²) in [6.07, 6.45) is 10.4. The molecule has 0 radical (unpaired) electrons. The van der Waals surface area contributed by atoms with E-state index in [-0.39, 0.29) is 11.9 Å². The van der Waals surface area contributed by atoms with Gasteiger partial charge in [0, 0.05) is 6.04 Å². The van der Waals surface area contributed by atoms with Gasteiger partial charge >= 0.3 is 0 Å². The quantitative estimate of drug-likeness (QED) is 0.672. The number of hydrogen-bond acceptors (Lipinski definition) is 2. The van der Waals surface area contributed by atoms with Crippen molar-refractivity contribution >= 4 is 23.1 Å². The van der Waals surface area contributed by atoms with Gasteiger partial charge in [-0.2, -0.15) is 0 Å². The monoisotopic (exact) mass is 298 g/mol. The molecule has 1 amide bonds. The molecular weight excluding hydrogens is 268 g/mol. The Hall–Kier alpha value is -0.640. The van der Waals surface area contributed by atoms with Crippen molar-refractivity contribution in [3.63, 3.8) is 0 Å². The van der Waals surface area contributed by atoms with Crippen LogP contribution >= 0.6 is 12.2 Å². The number of hydrogen-bond donors (Lipinski definition) is 2. The predicted octanol–water partition coefficient (Wildman–Crippen LogP) is 3.70. The van der Waals surface area contributed by atoms with Crippen molar-refractivity contribution in [2.75, 3.05) is 0 Å². The zero-order valence-electron chi connectivity index (χ0n) is 13.0. The lowest BCUT2D eigenvalue weighted by Gasteiger charge is -2.36. The minimum Gasteiger partial charge on any atom is -0.392 e. The van der Waals surface area contributed by atoms with Crippen LogP contribution in [0.2, 0.25) is 0 Å². The molecule has 20 heavy (non-hydrogen) atoms. The van der Waals surface area contributed by atoms with Gasteiger partial charge in [0.15, 0.2) is 0 Å². The van der Waals surface area contributed by atoms with Gasteiger partial charge in [0.05, 0.1) is 10.4 Å². The van der Waals surface area contributed by atoms with Crippen molar-refractivity contribution in [3.05, 3.63) is 0 Å². The van der Waals surface area contributed by atoms with E-state index in [2.05, 4.69) is 19.2 Å². The van der Waals surface area contributed by atoms with Crippen LogP contribution in [0, 0.1) is 5.41 Å². The number of rotatable bonds is 8. The number of thiocarbonyl (C=S) groups is 1. The van der Waals surface area contributed by atoms with Gasteiger partial charge in [-0.25, -0.2) is 0 Å². The highest BCUT2D eigenvalue weighted by atomic mass is 32.1. The number of unbranched alkanes of at least 4 members (excludes halogenated alkanes) is 1. The van der Waals surface area contributed by atoms with Crippen LogP contribution in [-0.4, -0.2) is 16.9 Å². The van der Waals surface area contributed by atoms with Crippen LogP contribution in [-0.2, 0) is 4.79 Å². The molecule has 1 fully saturated rings. The molecule has 0 saturated heterocycles. The highest BCUT2D eigenvalue weighted by Crippen LogP contribution is 2.37. The maximum absolute atomic E-state index is 12.7. The van der Waals surface area contributed by atoms with Gasteiger partial charge in [-0.1, -0.05) is 64.6 Å². The Balaban J connectivity index is 2.70. The molecule has 0 aromatic rings. The molecule has 3 nitrogen and oxygen atoms in total. The van der Waals surface area contributed by atoms with E-state index in [4.69, 9.17) is 18.0 Å². The largest absolute Gasteiger partial charge is 0.392 e. The van der Waals surface area contributed by atoms with E-state index in [1.807, 2.05) is 0 Å². The molecule has 0 bridgehead atoms. The molecule has 1 aliphatic carbocycles. The van der Waals surface area contributed by atoms with Crippen molar-refractivity contribution in [1.29, 1.82) is 0 Å². The van der Waals surface area contributed by atoms with Gasteiger partial charge in [0.2, 0.25) is 5.91 Å². The summed E-state index contributed by atoms with van der Waals surface area (Å²) in [6, 6.07) is 0.278. The molecule has 1 unspecified atom stereocenters. The average molecular weight is 298 g/mol. The van der Waals surface area contributed by atoms with Crippen LogP contribution < -0.4 is 11.1 Å². The zero-order valence-corrected chi connectivity index (χ0v) is 13.9. The first-order chi connectivity index (χ1) is 9.56. The van der Waals surface area contributed by atoms with Gasteiger partial charge in [0.25, 0.3) is 0 Å². The number of nitrogens with one attached hydrogen (secondary N) is 1. The van der Waals surface area contributed by atoms with Crippen LogP contribution in [0.15, 0.2) is 0 Å². The number of carbonyl (C=O) groups is 1. The third-order valence-corrected chi connectivity index (χ3v) is 4.88. The molecule has 0 aromatic heterocycles. The van der Waals surface area contributed by atoms with E-state index in [0.717, 1.165) is 57.8 Å². The Morgan fingerprint density at radius 3 is 2.35 bits per heavy atom. The van der Waals surface area contributed by atoms with E-state index >= 15 is 0 Å². The third-order valence-electron chi connectivity index (χ3n) is 4.49. The average Bonchev–Trinajstić information content (AvgIpc) is 2.45.